The fourth-order valence-corrected chi connectivity index (χ4v) is 1.82. The Hall–Kier alpha value is -1.16. The van der Waals surface area contributed by atoms with Crippen molar-refractivity contribution >= 4 is 6.29 Å². The minimum absolute atomic E-state index is 0.616. The van der Waals surface area contributed by atoms with E-state index >= 15 is 0 Å². The first-order chi connectivity index (χ1) is 6.90. The second-order valence-corrected chi connectivity index (χ2v) is 3.66. The molecule has 1 aromatic rings. The predicted molar refractivity (Wildman–Crippen MR) is 51.2 cm³/mol. The van der Waals surface area contributed by atoms with Crippen LogP contribution in [0.15, 0.2) is 6.20 Å². The van der Waals surface area contributed by atoms with Crippen LogP contribution in [0.1, 0.15) is 28.9 Å². The zero-order valence-corrected chi connectivity index (χ0v) is 8.03. The van der Waals surface area contributed by atoms with Crippen LogP contribution in [0, 0.1) is 5.92 Å². The van der Waals surface area contributed by atoms with Gasteiger partial charge in [0.1, 0.15) is 0 Å². The Morgan fingerprint density at radius 3 is 3.07 bits per heavy atom. The third-order valence-electron chi connectivity index (χ3n) is 2.70. The zero-order valence-electron chi connectivity index (χ0n) is 8.03. The van der Waals surface area contributed by atoms with Gasteiger partial charge in [0.25, 0.3) is 0 Å². The molecule has 0 atom stereocenters. The number of aldehydes is 1. The van der Waals surface area contributed by atoms with Crippen molar-refractivity contribution in [3.05, 3.63) is 17.5 Å². The van der Waals surface area contributed by atoms with Gasteiger partial charge in [-0.3, -0.25) is 9.89 Å². The number of ether oxygens (including phenoxy) is 1. The molecule has 0 bridgehead atoms. The molecule has 2 rings (SSSR count). The Kier molecular flexibility index (Phi) is 2.93. The van der Waals surface area contributed by atoms with Crippen LogP contribution < -0.4 is 0 Å². The number of nitrogens with zero attached hydrogens (tertiary/aromatic N) is 1. The van der Waals surface area contributed by atoms with Crippen molar-refractivity contribution in [2.75, 3.05) is 13.2 Å². The number of aromatic nitrogens is 2. The molecule has 0 radical (unpaired) electrons. The maximum Gasteiger partial charge on any atom is 0.153 e. The number of hydrogen-bond acceptors (Lipinski definition) is 3. The van der Waals surface area contributed by atoms with Crippen LogP contribution in [0.2, 0.25) is 0 Å². The molecular weight excluding hydrogens is 180 g/mol. The number of rotatable bonds is 3. The molecule has 1 aliphatic rings. The van der Waals surface area contributed by atoms with E-state index in [0.717, 1.165) is 44.5 Å². The van der Waals surface area contributed by atoms with E-state index < -0.39 is 0 Å². The second kappa shape index (κ2) is 4.37. The summed E-state index contributed by atoms with van der Waals surface area (Å²) in [5.41, 5.74) is 1.59. The Morgan fingerprint density at radius 1 is 1.57 bits per heavy atom. The van der Waals surface area contributed by atoms with E-state index in [-0.39, 0.29) is 0 Å². The van der Waals surface area contributed by atoms with Crippen molar-refractivity contribution in [2.24, 2.45) is 5.92 Å². The molecule has 4 heteroatoms. The molecule has 1 saturated heterocycles. The Morgan fingerprint density at radius 2 is 2.36 bits per heavy atom. The zero-order chi connectivity index (χ0) is 9.80. The van der Waals surface area contributed by atoms with Crippen molar-refractivity contribution in [3.63, 3.8) is 0 Å². The number of carbonyl (C=O) groups is 1. The van der Waals surface area contributed by atoms with E-state index in [0.29, 0.717) is 11.5 Å². The summed E-state index contributed by atoms with van der Waals surface area (Å²) in [6.07, 6.45) is 5.55. The van der Waals surface area contributed by atoms with E-state index in [1.54, 1.807) is 6.20 Å². The molecule has 0 spiro atoms. The molecule has 1 fully saturated rings. The van der Waals surface area contributed by atoms with E-state index in [4.69, 9.17) is 4.74 Å². The van der Waals surface area contributed by atoms with E-state index in [2.05, 4.69) is 10.2 Å². The van der Waals surface area contributed by atoms with Gasteiger partial charge in [0.2, 0.25) is 0 Å². The van der Waals surface area contributed by atoms with Crippen LogP contribution in [0.3, 0.4) is 0 Å². The normalized spacial score (nSPS) is 18.3. The quantitative estimate of drug-likeness (QED) is 0.735. The lowest BCUT2D eigenvalue weighted by atomic mass is 9.94. The highest BCUT2D eigenvalue weighted by Gasteiger charge is 2.17. The molecule has 0 amide bonds. The summed E-state index contributed by atoms with van der Waals surface area (Å²) >= 11 is 0. The van der Waals surface area contributed by atoms with Crippen molar-refractivity contribution in [1.29, 1.82) is 0 Å². The van der Waals surface area contributed by atoms with Gasteiger partial charge >= 0.3 is 0 Å². The average molecular weight is 194 g/mol. The highest BCUT2D eigenvalue weighted by Crippen LogP contribution is 2.19. The molecule has 0 aromatic carbocycles. The molecule has 1 aliphatic heterocycles. The summed E-state index contributed by atoms with van der Waals surface area (Å²) in [6.45, 7) is 1.68. The van der Waals surface area contributed by atoms with Crippen LogP contribution >= 0.6 is 0 Å². The fraction of sp³-hybridized carbons (Fsp3) is 0.600. The molecule has 76 valence electrons. The molecule has 1 aromatic heterocycles. The van der Waals surface area contributed by atoms with E-state index in [9.17, 15) is 4.79 Å². The Bertz CT molecular complexity index is 303. The number of aromatic amines is 1. The monoisotopic (exact) mass is 194 g/mol. The number of H-pyrrole nitrogens is 1. The first-order valence-corrected chi connectivity index (χ1v) is 4.95. The maximum atomic E-state index is 10.6. The molecule has 0 unspecified atom stereocenters. The van der Waals surface area contributed by atoms with Crippen molar-refractivity contribution < 1.29 is 9.53 Å². The topological polar surface area (TPSA) is 55.0 Å². The summed E-state index contributed by atoms with van der Waals surface area (Å²) in [5.74, 6) is 0.616. The number of hydrogen-bond donors (Lipinski definition) is 1. The summed E-state index contributed by atoms with van der Waals surface area (Å²) in [6, 6.07) is 0. The minimum Gasteiger partial charge on any atom is -0.381 e. The molecule has 14 heavy (non-hydrogen) atoms. The van der Waals surface area contributed by atoms with Gasteiger partial charge in [-0.1, -0.05) is 0 Å². The Balaban J connectivity index is 1.98. The predicted octanol–water partition coefficient (Wildman–Crippen LogP) is 1.19. The summed E-state index contributed by atoms with van der Waals surface area (Å²) < 4.78 is 5.28. The third-order valence-corrected chi connectivity index (χ3v) is 2.70. The molecule has 2 heterocycles. The summed E-state index contributed by atoms with van der Waals surface area (Å²) in [7, 11) is 0. The van der Waals surface area contributed by atoms with Gasteiger partial charge in [-0.25, -0.2) is 0 Å². The van der Waals surface area contributed by atoms with Crippen LogP contribution in [0.5, 0.6) is 0 Å². The van der Waals surface area contributed by atoms with Gasteiger partial charge in [-0.2, -0.15) is 5.10 Å². The lowest BCUT2D eigenvalue weighted by Gasteiger charge is -2.21. The van der Waals surface area contributed by atoms with Gasteiger partial charge in [-0.15, -0.1) is 0 Å². The minimum atomic E-state index is 0.616. The van der Waals surface area contributed by atoms with E-state index in [1.807, 2.05) is 0 Å². The van der Waals surface area contributed by atoms with E-state index in [1.165, 1.54) is 0 Å². The smallest absolute Gasteiger partial charge is 0.153 e. The standard InChI is InChI=1S/C10H14N2O2/c13-7-9-6-11-12-10(9)5-8-1-3-14-4-2-8/h6-8H,1-5H2,(H,11,12). The average Bonchev–Trinajstić information content (AvgIpc) is 2.67. The van der Waals surface area contributed by atoms with Crippen LogP contribution in [0.25, 0.3) is 0 Å². The van der Waals surface area contributed by atoms with Gasteiger partial charge < -0.3 is 4.74 Å². The van der Waals surface area contributed by atoms with Crippen molar-refractivity contribution in [1.82, 2.24) is 10.2 Å². The highest BCUT2D eigenvalue weighted by molar-refractivity contribution is 5.75. The lowest BCUT2D eigenvalue weighted by Crippen LogP contribution is -2.18. The van der Waals surface area contributed by atoms with Gasteiger partial charge in [-0.05, 0) is 25.2 Å². The Labute approximate surface area is 82.7 Å². The summed E-state index contributed by atoms with van der Waals surface area (Å²) in [5, 5.41) is 6.81. The van der Waals surface area contributed by atoms with Gasteiger partial charge in [0.05, 0.1) is 11.3 Å². The third kappa shape index (κ3) is 2.01. The first-order valence-electron chi connectivity index (χ1n) is 4.95. The van der Waals surface area contributed by atoms with Crippen LogP contribution in [-0.2, 0) is 11.2 Å². The molecular formula is C10H14N2O2. The van der Waals surface area contributed by atoms with Crippen molar-refractivity contribution in [3.8, 4) is 0 Å². The second-order valence-electron chi connectivity index (χ2n) is 3.66. The molecule has 0 aliphatic carbocycles. The van der Waals surface area contributed by atoms with Gasteiger partial charge in [0.15, 0.2) is 6.29 Å². The SMILES string of the molecule is O=Cc1c[nH]nc1CC1CCOCC1. The maximum absolute atomic E-state index is 10.6. The highest BCUT2D eigenvalue weighted by atomic mass is 16.5. The largest absolute Gasteiger partial charge is 0.381 e. The summed E-state index contributed by atoms with van der Waals surface area (Å²) in [4.78, 5) is 10.6. The number of nitrogens with one attached hydrogen (secondary N) is 1. The van der Waals surface area contributed by atoms with Crippen LogP contribution in [0.4, 0.5) is 0 Å². The van der Waals surface area contributed by atoms with Crippen molar-refractivity contribution in [2.45, 2.75) is 19.3 Å². The molecule has 0 saturated carbocycles. The molecule has 1 N–H and O–H groups in total. The van der Waals surface area contributed by atoms with Crippen LogP contribution in [-0.4, -0.2) is 29.7 Å². The fourth-order valence-electron chi connectivity index (χ4n) is 1.82. The first kappa shape index (κ1) is 9.40. The number of carbonyl (C=O) groups excluding carboxylic acids is 1. The van der Waals surface area contributed by atoms with Gasteiger partial charge in [0, 0.05) is 19.4 Å². The lowest BCUT2D eigenvalue weighted by molar-refractivity contribution is 0.0662. The molecule has 4 nitrogen and oxygen atoms in total.